The predicted octanol–water partition coefficient (Wildman–Crippen LogP) is 2.80. The third-order valence-electron chi connectivity index (χ3n) is 3.67. The monoisotopic (exact) mass is 383 g/mol. The lowest BCUT2D eigenvalue weighted by atomic mass is 10.1. The topological polar surface area (TPSA) is 90.4 Å². The summed E-state index contributed by atoms with van der Waals surface area (Å²) in [6, 6.07) is 16.1. The van der Waals surface area contributed by atoms with Gasteiger partial charge in [-0.1, -0.05) is 40.9 Å². The highest BCUT2D eigenvalue weighted by atomic mass is 32.1. The normalized spacial score (nSPS) is 10.3. The van der Waals surface area contributed by atoms with Crippen molar-refractivity contribution in [3.05, 3.63) is 65.0 Å². The molecule has 0 fully saturated rings. The standard InChI is InChI=1S/C19H17N3O4S/c1-25-15-9-5-8-14(12-15)18(23)20-10-11-26-19(24)17-16(21-22-27-17)13-6-3-2-4-7-13/h2-9,12H,10-11H2,1H3,(H,20,23). The zero-order valence-electron chi connectivity index (χ0n) is 14.5. The lowest BCUT2D eigenvalue weighted by Gasteiger charge is -2.07. The summed E-state index contributed by atoms with van der Waals surface area (Å²) in [5.41, 5.74) is 1.76. The van der Waals surface area contributed by atoms with Gasteiger partial charge in [-0.2, -0.15) is 0 Å². The summed E-state index contributed by atoms with van der Waals surface area (Å²) >= 11 is 0.981. The van der Waals surface area contributed by atoms with E-state index in [0.29, 0.717) is 21.9 Å². The van der Waals surface area contributed by atoms with Crippen LogP contribution in [0.2, 0.25) is 0 Å². The van der Waals surface area contributed by atoms with Crippen molar-refractivity contribution in [2.75, 3.05) is 20.3 Å². The van der Waals surface area contributed by atoms with E-state index >= 15 is 0 Å². The van der Waals surface area contributed by atoms with Gasteiger partial charge in [0.05, 0.1) is 13.7 Å². The molecule has 0 saturated carbocycles. The minimum absolute atomic E-state index is 0.0423. The molecule has 0 bridgehead atoms. The molecule has 8 heteroatoms. The molecule has 1 aromatic heterocycles. The second-order valence-corrected chi connectivity index (χ2v) is 6.19. The fourth-order valence-corrected chi connectivity index (χ4v) is 2.93. The Kier molecular flexibility index (Phi) is 6.11. The number of carbonyl (C=O) groups is 2. The van der Waals surface area contributed by atoms with Crippen molar-refractivity contribution in [3.63, 3.8) is 0 Å². The van der Waals surface area contributed by atoms with Crippen molar-refractivity contribution in [1.29, 1.82) is 0 Å². The van der Waals surface area contributed by atoms with Crippen LogP contribution >= 0.6 is 11.5 Å². The van der Waals surface area contributed by atoms with E-state index in [0.717, 1.165) is 17.1 Å². The first-order valence-corrected chi connectivity index (χ1v) is 8.93. The molecule has 0 aliphatic heterocycles. The highest BCUT2D eigenvalue weighted by Gasteiger charge is 2.19. The van der Waals surface area contributed by atoms with Gasteiger partial charge in [-0.15, -0.1) is 5.10 Å². The first kappa shape index (κ1) is 18.5. The molecule has 0 atom stereocenters. The van der Waals surface area contributed by atoms with E-state index in [1.54, 1.807) is 24.3 Å². The lowest BCUT2D eigenvalue weighted by molar-refractivity contribution is 0.0509. The van der Waals surface area contributed by atoms with Gasteiger partial charge >= 0.3 is 5.97 Å². The van der Waals surface area contributed by atoms with Crippen LogP contribution in [0.4, 0.5) is 0 Å². The van der Waals surface area contributed by atoms with Crippen LogP contribution in [0.15, 0.2) is 54.6 Å². The minimum Gasteiger partial charge on any atom is -0.497 e. The predicted molar refractivity (Wildman–Crippen MR) is 101 cm³/mol. The van der Waals surface area contributed by atoms with Gasteiger partial charge in [0.25, 0.3) is 5.91 Å². The lowest BCUT2D eigenvalue weighted by Crippen LogP contribution is -2.28. The Labute approximate surface area is 160 Å². The van der Waals surface area contributed by atoms with Gasteiger partial charge in [-0.05, 0) is 29.7 Å². The maximum atomic E-state index is 12.3. The van der Waals surface area contributed by atoms with Crippen LogP contribution in [-0.2, 0) is 4.74 Å². The van der Waals surface area contributed by atoms with E-state index in [4.69, 9.17) is 9.47 Å². The van der Waals surface area contributed by atoms with Crippen LogP contribution in [0.1, 0.15) is 20.0 Å². The molecule has 0 aliphatic rings. The number of esters is 1. The number of nitrogens with zero attached hydrogens (tertiary/aromatic N) is 2. The van der Waals surface area contributed by atoms with Gasteiger partial charge in [0.2, 0.25) is 0 Å². The van der Waals surface area contributed by atoms with E-state index in [1.807, 2.05) is 30.3 Å². The molecule has 7 nitrogen and oxygen atoms in total. The first-order valence-electron chi connectivity index (χ1n) is 8.16. The number of rotatable bonds is 7. The van der Waals surface area contributed by atoms with Gasteiger partial charge in [0.1, 0.15) is 18.1 Å². The Morgan fingerprint density at radius 3 is 2.70 bits per heavy atom. The van der Waals surface area contributed by atoms with E-state index in [-0.39, 0.29) is 19.1 Å². The van der Waals surface area contributed by atoms with Crippen LogP contribution < -0.4 is 10.1 Å². The van der Waals surface area contributed by atoms with Crippen molar-refractivity contribution < 1.29 is 19.1 Å². The highest BCUT2D eigenvalue weighted by molar-refractivity contribution is 7.08. The molecular weight excluding hydrogens is 366 g/mol. The quantitative estimate of drug-likeness (QED) is 0.498. The zero-order chi connectivity index (χ0) is 19.1. The molecule has 0 saturated heterocycles. The molecule has 0 radical (unpaired) electrons. The average molecular weight is 383 g/mol. The summed E-state index contributed by atoms with van der Waals surface area (Å²) in [6.07, 6.45) is 0. The van der Waals surface area contributed by atoms with Gasteiger partial charge < -0.3 is 14.8 Å². The van der Waals surface area contributed by atoms with Crippen molar-refractivity contribution in [2.24, 2.45) is 0 Å². The fraction of sp³-hybridized carbons (Fsp3) is 0.158. The van der Waals surface area contributed by atoms with Crippen molar-refractivity contribution >= 4 is 23.4 Å². The Hall–Kier alpha value is -3.26. The first-order chi connectivity index (χ1) is 13.2. The fourth-order valence-electron chi connectivity index (χ4n) is 2.35. The average Bonchev–Trinajstić information content (AvgIpc) is 3.21. The molecule has 138 valence electrons. The molecule has 3 aromatic rings. The second-order valence-electron chi connectivity index (χ2n) is 5.44. The van der Waals surface area contributed by atoms with Crippen LogP contribution in [0.3, 0.4) is 0 Å². The van der Waals surface area contributed by atoms with Crippen molar-refractivity contribution in [1.82, 2.24) is 14.9 Å². The number of methoxy groups -OCH3 is 1. The number of ether oxygens (including phenoxy) is 2. The number of aromatic nitrogens is 2. The molecular formula is C19H17N3O4S. The highest BCUT2D eigenvalue weighted by Crippen LogP contribution is 2.24. The van der Waals surface area contributed by atoms with Crippen molar-refractivity contribution in [3.8, 4) is 17.0 Å². The Morgan fingerprint density at radius 1 is 1.11 bits per heavy atom. The zero-order valence-corrected chi connectivity index (χ0v) is 15.4. The molecule has 27 heavy (non-hydrogen) atoms. The van der Waals surface area contributed by atoms with Crippen LogP contribution in [0, 0.1) is 0 Å². The molecule has 0 unspecified atom stereocenters. The minimum atomic E-state index is -0.514. The Balaban J connectivity index is 1.52. The van der Waals surface area contributed by atoms with E-state index in [2.05, 4.69) is 14.9 Å². The number of benzene rings is 2. The molecule has 3 rings (SSSR count). The number of nitrogens with one attached hydrogen (secondary N) is 1. The van der Waals surface area contributed by atoms with Gasteiger partial charge in [0.15, 0.2) is 4.88 Å². The molecule has 2 aromatic carbocycles. The number of amides is 1. The maximum Gasteiger partial charge on any atom is 0.352 e. The molecule has 1 amide bonds. The molecule has 0 spiro atoms. The van der Waals surface area contributed by atoms with Crippen LogP contribution in [0.25, 0.3) is 11.3 Å². The largest absolute Gasteiger partial charge is 0.497 e. The summed E-state index contributed by atoms with van der Waals surface area (Å²) in [5, 5.41) is 6.70. The van der Waals surface area contributed by atoms with Crippen LogP contribution in [0.5, 0.6) is 5.75 Å². The third-order valence-corrected chi connectivity index (χ3v) is 4.38. The third kappa shape index (κ3) is 4.68. The maximum absolute atomic E-state index is 12.3. The summed E-state index contributed by atoms with van der Waals surface area (Å²) in [7, 11) is 1.54. The smallest absolute Gasteiger partial charge is 0.352 e. The summed E-state index contributed by atoms with van der Waals surface area (Å²) < 4.78 is 14.2. The van der Waals surface area contributed by atoms with E-state index in [1.165, 1.54) is 7.11 Å². The molecule has 1 N–H and O–H groups in total. The van der Waals surface area contributed by atoms with Gasteiger partial charge in [0, 0.05) is 11.1 Å². The molecule has 1 heterocycles. The number of carbonyl (C=O) groups excluding carboxylic acids is 2. The Morgan fingerprint density at radius 2 is 1.93 bits per heavy atom. The number of hydrogen-bond donors (Lipinski definition) is 1. The molecule has 0 aliphatic carbocycles. The summed E-state index contributed by atoms with van der Waals surface area (Å²) in [6.45, 7) is 0.232. The summed E-state index contributed by atoms with van der Waals surface area (Å²) in [4.78, 5) is 24.7. The van der Waals surface area contributed by atoms with Crippen LogP contribution in [-0.4, -0.2) is 41.7 Å². The van der Waals surface area contributed by atoms with E-state index in [9.17, 15) is 9.59 Å². The SMILES string of the molecule is COc1cccc(C(=O)NCCOC(=O)c2snnc2-c2ccccc2)c1. The van der Waals surface area contributed by atoms with Gasteiger partial charge in [-0.25, -0.2) is 4.79 Å². The summed E-state index contributed by atoms with van der Waals surface area (Å²) in [5.74, 6) is -0.186. The van der Waals surface area contributed by atoms with E-state index < -0.39 is 5.97 Å². The Bertz CT molecular complexity index is 927. The number of hydrogen-bond acceptors (Lipinski definition) is 7. The second kappa shape index (κ2) is 8.91. The van der Waals surface area contributed by atoms with Gasteiger partial charge in [-0.3, -0.25) is 4.79 Å². The van der Waals surface area contributed by atoms with Crippen molar-refractivity contribution in [2.45, 2.75) is 0 Å².